The highest BCUT2D eigenvalue weighted by molar-refractivity contribution is 5.89. The van der Waals surface area contributed by atoms with Gasteiger partial charge in [-0.25, -0.2) is 4.79 Å². The van der Waals surface area contributed by atoms with E-state index in [9.17, 15) is 4.79 Å². The Morgan fingerprint density at radius 3 is 2.14 bits per heavy atom. The van der Waals surface area contributed by atoms with Crippen LogP contribution in [0, 0.1) is 0 Å². The van der Waals surface area contributed by atoms with Gasteiger partial charge in [0.05, 0.1) is 12.2 Å². The molecule has 0 aromatic heterocycles. The average molecular weight is 290 g/mol. The number of ether oxygens (including phenoxy) is 1. The molecule has 1 aromatic carbocycles. The fourth-order valence-electron chi connectivity index (χ4n) is 2.31. The monoisotopic (exact) mass is 290 g/mol. The summed E-state index contributed by atoms with van der Waals surface area (Å²) < 4.78 is 5.21. The van der Waals surface area contributed by atoms with E-state index in [0.717, 1.165) is 19.3 Å². The van der Waals surface area contributed by atoms with Crippen molar-refractivity contribution in [1.29, 1.82) is 0 Å². The molecule has 0 saturated carbocycles. The zero-order valence-electron chi connectivity index (χ0n) is 13.7. The van der Waals surface area contributed by atoms with Crippen molar-refractivity contribution in [3.63, 3.8) is 0 Å². The molecule has 0 atom stereocenters. The van der Waals surface area contributed by atoms with Crippen LogP contribution in [0.1, 0.15) is 81.1 Å². The molecule has 0 aliphatic carbocycles. The first kappa shape index (κ1) is 17.7. The van der Waals surface area contributed by atoms with Crippen molar-refractivity contribution in [2.45, 2.75) is 71.6 Å². The van der Waals surface area contributed by atoms with Gasteiger partial charge in [-0.1, -0.05) is 64.5 Å². The number of hydrogen-bond donors (Lipinski definition) is 0. The molecule has 1 rings (SSSR count). The molecule has 0 unspecified atom stereocenters. The molecule has 0 bridgehead atoms. The Morgan fingerprint density at radius 1 is 0.857 bits per heavy atom. The number of benzene rings is 1. The molecule has 0 spiro atoms. The van der Waals surface area contributed by atoms with Crippen LogP contribution >= 0.6 is 0 Å². The van der Waals surface area contributed by atoms with Gasteiger partial charge >= 0.3 is 5.97 Å². The van der Waals surface area contributed by atoms with E-state index < -0.39 is 0 Å². The standard InChI is InChI=1S/C19H30O2/c1-3-5-7-8-9-10-11-17-12-14-18(15-13-17)19(20)21-16-6-4-2/h12-15H,3-11,16H2,1-2H3. The normalized spacial score (nSPS) is 10.6. The van der Waals surface area contributed by atoms with Gasteiger partial charge in [-0.2, -0.15) is 0 Å². The maximum Gasteiger partial charge on any atom is 0.338 e. The van der Waals surface area contributed by atoms with Crippen molar-refractivity contribution in [1.82, 2.24) is 0 Å². The first-order valence-electron chi connectivity index (χ1n) is 8.54. The molecule has 118 valence electrons. The lowest BCUT2D eigenvalue weighted by Crippen LogP contribution is -2.06. The van der Waals surface area contributed by atoms with Crippen LogP contribution < -0.4 is 0 Å². The molecule has 0 fully saturated rings. The van der Waals surface area contributed by atoms with Crippen LogP contribution in [0.25, 0.3) is 0 Å². The second-order valence-corrected chi connectivity index (χ2v) is 5.70. The molecular weight excluding hydrogens is 260 g/mol. The minimum absolute atomic E-state index is 0.199. The summed E-state index contributed by atoms with van der Waals surface area (Å²) in [5.74, 6) is -0.199. The fourth-order valence-corrected chi connectivity index (χ4v) is 2.31. The van der Waals surface area contributed by atoms with Gasteiger partial charge in [-0.15, -0.1) is 0 Å². The van der Waals surface area contributed by atoms with Crippen LogP contribution in [0.15, 0.2) is 24.3 Å². The van der Waals surface area contributed by atoms with Crippen LogP contribution in [0.5, 0.6) is 0 Å². The molecule has 0 aliphatic heterocycles. The molecule has 0 saturated heterocycles. The zero-order valence-corrected chi connectivity index (χ0v) is 13.7. The molecule has 0 N–H and O–H groups in total. The second-order valence-electron chi connectivity index (χ2n) is 5.70. The first-order chi connectivity index (χ1) is 10.3. The summed E-state index contributed by atoms with van der Waals surface area (Å²) in [5, 5.41) is 0. The van der Waals surface area contributed by atoms with Crippen LogP contribution in [-0.4, -0.2) is 12.6 Å². The van der Waals surface area contributed by atoms with Gasteiger partial charge in [0.25, 0.3) is 0 Å². The summed E-state index contributed by atoms with van der Waals surface area (Å²) in [4.78, 5) is 11.8. The van der Waals surface area contributed by atoms with Crippen LogP contribution in [0.3, 0.4) is 0 Å². The Bertz CT molecular complexity index is 381. The third-order valence-corrected chi connectivity index (χ3v) is 3.74. The number of carbonyl (C=O) groups excluding carboxylic acids is 1. The summed E-state index contributed by atoms with van der Waals surface area (Å²) in [7, 11) is 0. The second kappa shape index (κ2) is 11.4. The lowest BCUT2D eigenvalue weighted by atomic mass is 10.0. The van der Waals surface area contributed by atoms with Gasteiger partial charge in [-0.05, 0) is 37.0 Å². The van der Waals surface area contributed by atoms with Crippen molar-refractivity contribution in [3.8, 4) is 0 Å². The smallest absolute Gasteiger partial charge is 0.338 e. The highest BCUT2D eigenvalue weighted by Crippen LogP contribution is 2.12. The molecule has 0 amide bonds. The molecule has 0 radical (unpaired) electrons. The van der Waals surface area contributed by atoms with Gasteiger partial charge in [0.1, 0.15) is 0 Å². The number of carbonyl (C=O) groups is 1. The van der Waals surface area contributed by atoms with E-state index in [2.05, 4.69) is 26.0 Å². The predicted octanol–water partition coefficient (Wildman–Crippen LogP) is 5.55. The summed E-state index contributed by atoms with van der Waals surface area (Å²) in [5.41, 5.74) is 1.98. The van der Waals surface area contributed by atoms with E-state index in [1.54, 1.807) is 0 Å². The van der Waals surface area contributed by atoms with Crippen molar-refractivity contribution < 1.29 is 9.53 Å². The van der Waals surface area contributed by atoms with Gasteiger partial charge in [0.2, 0.25) is 0 Å². The predicted molar refractivity (Wildman–Crippen MR) is 88.7 cm³/mol. The van der Waals surface area contributed by atoms with Crippen LogP contribution in [-0.2, 0) is 11.2 Å². The molecule has 1 aromatic rings. The Labute approximate surface area is 129 Å². The van der Waals surface area contributed by atoms with E-state index in [1.807, 2.05) is 12.1 Å². The molecule has 21 heavy (non-hydrogen) atoms. The Hall–Kier alpha value is -1.31. The van der Waals surface area contributed by atoms with Gasteiger partial charge in [0.15, 0.2) is 0 Å². The van der Waals surface area contributed by atoms with E-state index >= 15 is 0 Å². The third-order valence-electron chi connectivity index (χ3n) is 3.74. The van der Waals surface area contributed by atoms with Crippen molar-refractivity contribution >= 4 is 5.97 Å². The first-order valence-corrected chi connectivity index (χ1v) is 8.54. The number of esters is 1. The molecule has 0 heterocycles. The summed E-state index contributed by atoms with van der Waals surface area (Å²) in [6, 6.07) is 7.90. The number of unbranched alkanes of at least 4 members (excludes halogenated alkanes) is 6. The highest BCUT2D eigenvalue weighted by atomic mass is 16.5. The summed E-state index contributed by atoms with van der Waals surface area (Å²) in [6.45, 7) is 4.86. The van der Waals surface area contributed by atoms with Gasteiger partial charge in [0, 0.05) is 0 Å². The maximum atomic E-state index is 11.8. The number of rotatable bonds is 11. The van der Waals surface area contributed by atoms with Crippen molar-refractivity contribution in [2.75, 3.05) is 6.61 Å². The van der Waals surface area contributed by atoms with Crippen LogP contribution in [0.2, 0.25) is 0 Å². The molecule has 0 aliphatic rings. The van der Waals surface area contributed by atoms with Gasteiger partial charge in [-0.3, -0.25) is 0 Å². The van der Waals surface area contributed by atoms with Gasteiger partial charge < -0.3 is 4.74 Å². The Balaban J connectivity index is 2.25. The average Bonchev–Trinajstić information content (AvgIpc) is 2.51. The Kier molecular flexibility index (Phi) is 9.60. The molecule has 2 heteroatoms. The molecular formula is C19H30O2. The topological polar surface area (TPSA) is 26.3 Å². The quantitative estimate of drug-likeness (QED) is 0.394. The lowest BCUT2D eigenvalue weighted by Gasteiger charge is -2.05. The van der Waals surface area contributed by atoms with Crippen LogP contribution in [0.4, 0.5) is 0 Å². The van der Waals surface area contributed by atoms with Crippen molar-refractivity contribution in [3.05, 3.63) is 35.4 Å². The fraction of sp³-hybridized carbons (Fsp3) is 0.632. The minimum atomic E-state index is -0.199. The SMILES string of the molecule is CCCCCCCCc1ccc(C(=O)OCCCC)cc1. The van der Waals surface area contributed by atoms with E-state index in [0.29, 0.717) is 12.2 Å². The lowest BCUT2D eigenvalue weighted by molar-refractivity contribution is 0.0499. The summed E-state index contributed by atoms with van der Waals surface area (Å²) in [6.07, 6.45) is 11.0. The summed E-state index contributed by atoms with van der Waals surface area (Å²) >= 11 is 0. The largest absolute Gasteiger partial charge is 0.462 e. The Morgan fingerprint density at radius 2 is 1.48 bits per heavy atom. The minimum Gasteiger partial charge on any atom is -0.462 e. The number of hydrogen-bond acceptors (Lipinski definition) is 2. The van der Waals surface area contributed by atoms with E-state index in [1.165, 1.54) is 44.1 Å². The van der Waals surface area contributed by atoms with E-state index in [4.69, 9.17) is 4.74 Å². The van der Waals surface area contributed by atoms with Crippen molar-refractivity contribution in [2.24, 2.45) is 0 Å². The molecule has 2 nitrogen and oxygen atoms in total. The maximum absolute atomic E-state index is 11.8. The number of aryl methyl sites for hydroxylation is 1. The highest BCUT2D eigenvalue weighted by Gasteiger charge is 2.06. The zero-order chi connectivity index (χ0) is 15.3. The third kappa shape index (κ3) is 7.89. The van der Waals surface area contributed by atoms with E-state index in [-0.39, 0.29) is 5.97 Å².